The smallest absolute Gasteiger partial charge is 0.312 e. The highest BCUT2D eigenvalue weighted by molar-refractivity contribution is 9.13. The Bertz CT molecular complexity index is 775. The van der Waals surface area contributed by atoms with E-state index in [0.717, 1.165) is 37.9 Å². The lowest BCUT2D eigenvalue weighted by Gasteiger charge is -2.17. The van der Waals surface area contributed by atoms with Crippen molar-refractivity contribution in [3.8, 4) is 0 Å². The third-order valence-corrected chi connectivity index (χ3v) is 6.28. The molecule has 10 heteroatoms. The Morgan fingerprint density at radius 1 is 1.44 bits per heavy atom. The molecule has 1 atom stereocenters. The Kier molecular flexibility index (Phi) is 7.07. The molecule has 2 aromatic rings. The number of nitro benzene ring substituents is 1. The number of aryl methyl sites for hydroxylation is 1. The Morgan fingerprint density at radius 2 is 2.20 bits per heavy atom. The molecule has 1 unspecified atom stereocenters. The summed E-state index contributed by atoms with van der Waals surface area (Å²) in [6.45, 7) is 4.72. The maximum atomic E-state index is 11.5. The molecule has 1 aliphatic heterocycles. The van der Waals surface area contributed by atoms with Crippen molar-refractivity contribution < 1.29 is 4.92 Å². The van der Waals surface area contributed by atoms with Crippen LogP contribution in [0.25, 0.3) is 11.0 Å². The van der Waals surface area contributed by atoms with Crippen molar-refractivity contribution in [1.29, 1.82) is 0 Å². The molecule has 1 fully saturated rings. The summed E-state index contributed by atoms with van der Waals surface area (Å²) in [4.78, 5) is 15.7. The van der Waals surface area contributed by atoms with Gasteiger partial charge in [-0.05, 0) is 77.2 Å². The summed E-state index contributed by atoms with van der Waals surface area (Å²) in [5, 5.41) is 18.4. The molecule has 0 saturated carbocycles. The quantitative estimate of drug-likeness (QED) is 0.481. The first-order valence-corrected chi connectivity index (χ1v) is 9.61. The molecule has 138 valence electrons. The number of aromatic nitrogens is 2. The molecule has 7 nitrogen and oxygen atoms in total. The highest BCUT2D eigenvalue weighted by Crippen LogP contribution is 2.40. The van der Waals surface area contributed by atoms with Gasteiger partial charge in [0.15, 0.2) is 5.52 Å². The SMILES string of the molecule is CCn1c(NC2CCCNCC2)nc2c([N+](=O)[O-])c(Br)c(Br)cc21.Cl. The number of hydrogen-bond acceptors (Lipinski definition) is 5. The lowest BCUT2D eigenvalue weighted by Crippen LogP contribution is -2.23. The molecule has 0 amide bonds. The number of hydrogen-bond donors (Lipinski definition) is 2. The number of nitro groups is 1. The molecule has 1 saturated heterocycles. The highest BCUT2D eigenvalue weighted by atomic mass is 79.9. The summed E-state index contributed by atoms with van der Waals surface area (Å²) in [5.41, 5.74) is 1.16. The minimum Gasteiger partial charge on any atom is -0.353 e. The van der Waals surface area contributed by atoms with Gasteiger partial charge in [0.05, 0.1) is 10.4 Å². The van der Waals surface area contributed by atoms with Crippen molar-refractivity contribution in [1.82, 2.24) is 14.9 Å². The summed E-state index contributed by atoms with van der Waals surface area (Å²) in [5.74, 6) is 0.701. The van der Waals surface area contributed by atoms with E-state index in [1.807, 2.05) is 17.6 Å². The third-order valence-electron chi connectivity index (χ3n) is 4.32. The summed E-state index contributed by atoms with van der Waals surface area (Å²) in [6, 6.07) is 2.20. The predicted molar refractivity (Wildman–Crippen MR) is 109 cm³/mol. The maximum Gasteiger partial charge on any atom is 0.312 e. The largest absolute Gasteiger partial charge is 0.353 e. The first-order chi connectivity index (χ1) is 11.5. The average Bonchev–Trinajstić information content (AvgIpc) is 2.71. The fourth-order valence-electron chi connectivity index (χ4n) is 3.13. The van der Waals surface area contributed by atoms with Gasteiger partial charge in [-0.25, -0.2) is 4.98 Å². The predicted octanol–water partition coefficient (Wildman–Crippen LogP) is 4.47. The molecule has 2 heterocycles. The van der Waals surface area contributed by atoms with Gasteiger partial charge in [-0.3, -0.25) is 10.1 Å². The number of benzene rings is 1. The van der Waals surface area contributed by atoms with Crippen molar-refractivity contribution >= 4 is 66.9 Å². The lowest BCUT2D eigenvalue weighted by atomic mass is 10.1. The average molecular weight is 498 g/mol. The number of rotatable bonds is 4. The number of fused-ring (bicyclic) bond motifs is 1. The molecule has 1 aliphatic rings. The zero-order valence-electron chi connectivity index (χ0n) is 13.7. The van der Waals surface area contributed by atoms with Crippen molar-refractivity contribution in [2.24, 2.45) is 0 Å². The summed E-state index contributed by atoms with van der Waals surface area (Å²) in [7, 11) is 0. The van der Waals surface area contributed by atoms with Gasteiger partial charge in [-0.15, -0.1) is 12.4 Å². The van der Waals surface area contributed by atoms with E-state index in [0.29, 0.717) is 33.0 Å². The van der Waals surface area contributed by atoms with Crippen LogP contribution in [0, 0.1) is 10.1 Å². The fourth-order valence-corrected chi connectivity index (χ4v) is 3.98. The molecule has 1 aromatic heterocycles. The van der Waals surface area contributed by atoms with Crippen LogP contribution in [0.4, 0.5) is 11.6 Å². The number of nitrogens with zero attached hydrogens (tertiary/aromatic N) is 3. The van der Waals surface area contributed by atoms with E-state index in [2.05, 4.69) is 47.5 Å². The Morgan fingerprint density at radius 3 is 2.88 bits per heavy atom. The minimum absolute atomic E-state index is 0. The van der Waals surface area contributed by atoms with Crippen LogP contribution in [0.3, 0.4) is 0 Å². The Labute approximate surface area is 168 Å². The molecule has 2 N–H and O–H groups in total. The monoisotopic (exact) mass is 495 g/mol. The van der Waals surface area contributed by atoms with Crippen LogP contribution in [0.15, 0.2) is 15.0 Å². The molecule has 0 spiro atoms. The zero-order valence-corrected chi connectivity index (χ0v) is 17.7. The molecular weight excluding hydrogens is 477 g/mol. The van der Waals surface area contributed by atoms with Gasteiger partial charge < -0.3 is 15.2 Å². The van der Waals surface area contributed by atoms with Gasteiger partial charge in [-0.2, -0.15) is 0 Å². The van der Waals surface area contributed by atoms with Crippen LogP contribution < -0.4 is 10.6 Å². The van der Waals surface area contributed by atoms with E-state index in [4.69, 9.17) is 0 Å². The van der Waals surface area contributed by atoms with Gasteiger partial charge in [0.1, 0.15) is 4.47 Å². The molecule has 0 radical (unpaired) electrons. The standard InChI is InChI=1S/C15H19Br2N5O2.ClH/c1-2-21-11-8-10(16)12(17)14(22(23)24)13(11)20-15(21)19-9-4-3-6-18-7-5-9;/h8-9,18H,2-7H2,1H3,(H,19,20);1H. The van der Waals surface area contributed by atoms with E-state index >= 15 is 0 Å². The Hall–Kier alpha value is -0.900. The van der Waals surface area contributed by atoms with Crippen LogP contribution in [0.5, 0.6) is 0 Å². The minimum atomic E-state index is -0.385. The van der Waals surface area contributed by atoms with Gasteiger partial charge in [0, 0.05) is 17.1 Å². The van der Waals surface area contributed by atoms with Crippen LogP contribution in [-0.2, 0) is 6.54 Å². The first-order valence-electron chi connectivity index (χ1n) is 8.02. The van der Waals surface area contributed by atoms with Crippen molar-refractivity contribution in [2.75, 3.05) is 18.4 Å². The van der Waals surface area contributed by atoms with E-state index < -0.39 is 0 Å². The molecule has 3 rings (SSSR count). The Balaban J connectivity index is 0.00000225. The second kappa shape index (κ2) is 8.66. The van der Waals surface area contributed by atoms with E-state index in [1.165, 1.54) is 0 Å². The number of anilines is 1. The summed E-state index contributed by atoms with van der Waals surface area (Å²) >= 11 is 6.70. The number of halogens is 3. The number of nitrogens with one attached hydrogen (secondary N) is 2. The number of imidazole rings is 1. The molecule has 25 heavy (non-hydrogen) atoms. The van der Waals surface area contributed by atoms with Crippen LogP contribution >= 0.6 is 44.3 Å². The first kappa shape index (κ1) is 20.4. The molecule has 0 bridgehead atoms. The van der Waals surface area contributed by atoms with Crippen molar-refractivity contribution in [3.05, 3.63) is 25.1 Å². The van der Waals surface area contributed by atoms with E-state index in [1.54, 1.807) is 0 Å². The second-order valence-electron chi connectivity index (χ2n) is 5.85. The fraction of sp³-hybridized carbons (Fsp3) is 0.533. The third kappa shape index (κ3) is 4.10. The molecular formula is C15H20Br2ClN5O2. The van der Waals surface area contributed by atoms with Crippen LogP contribution in [-0.4, -0.2) is 33.6 Å². The second-order valence-corrected chi connectivity index (χ2v) is 7.49. The van der Waals surface area contributed by atoms with Gasteiger partial charge in [0.25, 0.3) is 0 Å². The van der Waals surface area contributed by atoms with Crippen LogP contribution in [0.1, 0.15) is 26.2 Å². The summed E-state index contributed by atoms with van der Waals surface area (Å²) < 4.78 is 3.07. The maximum absolute atomic E-state index is 11.5. The molecule has 1 aromatic carbocycles. The van der Waals surface area contributed by atoms with E-state index in [-0.39, 0.29) is 23.0 Å². The van der Waals surface area contributed by atoms with Gasteiger partial charge in [0.2, 0.25) is 5.95 Å². The van der Waals surface area contributed by atoms with Crippen molar-refractivity contribution in [2.45, 2.75) is 38.8 Å². The topological polar surface area (TPSA) is 85.0 Å². The lowest BCUT2D eigenvalue weighted by molar-refractivity contribution is -0.384. The zero-order chi connectivity index (χ0) is 17.3. The van der Waals surface area contributed by atoms with Gasteiger partial charge in [-0.1, -0.05) is 0 Å². The van der Waals surface area contributed by atoms with Gasteiger partial charge >= 0.3 is 5.69 Å². The van der Waals surface area contributed by atoms with Crippen molar-refractivity contribution in [3.63, 3.8) is 0 Å². The highest BCUT2D eigenvalue weighted by Gasteiger charge is 2.26. The summed E-state index contributed by atoms with van der Waals surface area (Å²) in [6.07, 6.45) is 3.19. The van der Waals surface area contributed by atoms with E-state index in [9.17, 15) is 10.1 Å². The van der Waals surface area contributed by atoms with Crippen LogP contribution in [0.2, 0.25) is 0 Å². The molecule has 0 aliphatic carbocycles. The normalized spacial score (nSPS) is 17.8.